The van der Waals surface area contributed by atoms with E-state index < -0.39 is 0 Å². The smallest absolute Gasteiger partial charge is 0.350 e. The molecule has 1 aromatic carbocycles. The van der Waals surface area contributed by atoms with Crippen LogP contribution in [-0.4, -0.2) is 19.2 Å². The van der Waals surface area contributed by atoms with Crippen LogP contribution in [0.4, 0.5) is 5.69 Å². The first-order valence-corrected chi connectivity index (χ1v) is 7.35. The molecular weight excluding hydrogens is 274 g/mol. The predicted molar refractivity (Wildman–Crippen MR) is 78.3 cm³/mol. The van der Waals surface area contributed by atoms with Crippen LogP contribution >= 0.6 is 11.3 Å². The van der Waals surface area contributed by atoms with Gasteiger partial charge in [0, 0.05) is 11.5 Å². The first-order valence-electron chi connectivity index (χ1n) is 6.47. The van der Waals surface area contributed by atoms with E-state index in [2.05, 4.69) is 0 Å². The van der Waals surface area contributed by atoms with Crippen LogP contribution in [-0.2, 0) is 4.74 Å². The van der Waals surface area contributed by atoms with E-state index in [1.54, 1.807) is 11.4 Å². The highest BCUT2D eigenvalue weighted by molar-refractivity contribution is 7.12. The van der Waals surface area contributed by atoms with Gasteiger partial charge in [0.05, 0.1) is 18.9 Å². The number of hydrogen-bond acceptors (Lipinski definition) is 5. The average Bonchev–Trinajstić information content (AvgIpc) is 2.91. The Bertz CT molecular complexity index is 623. The van der Waals surface area contributed by atoms with Crippen LogP contribution in [0.3, 0.4) is 0 Å². The summed E-state index contributed by atoms with van der Waals surface area (Å²) in [6.45, 7) is 1.01. The number of anilines is 1. The van der Waals surface area contributed by atoms with Crippen molar-refractivity contribution in [2.75, 3.05) is 18.9 Å². The van der Waals surface area contributed by atoms with Gasteiger partial charge in [-0.2, -0.15) is 0 Å². The van der Waals surface area contributed by atoms with Crippen LogP contribution in [0.15, 0.2) is 35.7 Å². The van der Waals surface area contributed by atoms with E-state index in [1.165, 1.54) is 11.3 Å². The number of benzene rings is 1. The molecule has 0 aliphatic carbocycles. The van der Waals surface area contributed by atoms with E-state index >= 15 is 0 Å². The van der Waals surface area contributed by atoms with Crippen molar-refractivity contribution in [3.05, 3.63) is 46.2 Å². The number of nitrogen functional groups attached to an aromatic ring is 1. The van der Waals surface area contributed by atoms with E-state index in [4.69, 9.17) is 15.2 Å². The maximum absolute atomic E-state index is 12.0. The van der Waals surface area contributed by atoms with E-state index in [0.29, 0.717) is 23.8 Å². The van der Waals surface area contributed by atoms with Crippen LogP contribution in [0.25, 0.3) is 0 Å². The highest BCUT2D eigenvalue weighted by Crippen LogP contribution is 2.33. The maximum Gasteiger partial charge on any atom is 0.350 e. The molecular formula is C15H15NO3S. The lowest BCUT2D eigenvalue weighted by molar-refractivity contribution is 0.0466. The number of nitrogens with two attached hydrogens (primary N) is 1. The summed E-state index contributed by atoms with van der Waals surface area (Å²) < 4.78 is 11.0. The molecule has 1 atom stereocenters. The minimum absolute atomic E-state index is 0.185. The van der Waals surface area contributed by atoms with E-state index in [-0.39, 0.29) is 11.9 Å². The molecule has 1 aliphatic heterocycles. The molecule has 0 saturated heterocycles. The molecule has 0 saturated carbocycles. The Morgan fingerprint density at radius 1 is 1.40 bits per heavy atom. The molecule has 5 heteroatoms. The number of fused-ring (bicyclic) bond motifs is 1. The summed E-state index contributed by atoms with van der Waals surface area (Å²) in [5.74, 6) is 0.724. The minimum atomic E-state index is -0.346. The molecule has 2 N–H and O–H groups in total. The molecule has 1 aromatic heterocycles. The van der Waals surface area contributed by atoms with Gasteiger partial charge in [-0.05, 0) is 23.9 Å². The number of carbonyl (C=O) groups is 1. The predicted octanol–water partition coefficient (Wildman–Crippen LogP) is 3.05. The number of hydrogen-bond donors (Lipinski definition) is 1. The van der Waals surface area contributed by atoms with Gasteiger partial charge in [-0.15, -0.1) is 11.3 Å². The second-order valence-corrected chi connectivity index (χ2v) is 5.59. The molecule has 1 unspecified atom stereocenters. The van der Waals surface area contributed by atoms with Gasteiger partial charge in [0.25, 0.3) is 0 Å². The quantitative estimate of drug-likeness (QED) is 0.882. The third-order valence-electron chi connectivity index (χ3n) is 3.38. The molecule has 2 heterocycles. The molecule has 3 rings (SSSR count). The van der Waals surface area contributed by atoms with Crippen LogP contribution in [0.5, 0.6) is 5.75 Å². The lowest BCUT2D eigenvalue weighted by Crippen LogP contribution is -2.20. The van der Waals surface area contributed by atoms with Gasteiger partial charge >= 0.3 is 5.97 Å². The zero-order chi connectivity index (χ0) is 13.9. The Labute approximate surface area is 121 Å². The van der Waals surface area contributed by atoms with Crippen molar-refractivity contribution >= 4 is 23.0 Å². The lowest BCUT2D eigenvalue weighted by atomic mass is 9.94. The fourth-order valence-corrected chi connectivity index (χ4v) is 3.03. The van der Waals surface area contributed by atoms with Gasteiger partial charge in [0.1, 0.15) is 10.6 Å². The lowest BCUT2D eigenvalue weighted by Gasteiger charge is -2.25. The number of ether oxygens (including phenoxy) is 2. The van der Waals surface area contributed by atoms with Crippen LogP contribution in [0.2, 0.25) is 0 Å². The average molecular weight is 289 g/mol. The number of esters is 1. The van der Waals surface area contributed by atoms with Crippen LogP contribution in [0.1, 0.15) is 27.6 Å². The summed E-state index contributed by atoms with van der Waals surface area (Å²) in [6, 6.07) is 9.59. The standard InChI is InChI=1S/C15H15NO3S/c16-12-6-8-20-14(12)15(17)19-9-10-5-7-18-13-4-2-1-3-11(10)13/h1-4,6,8,10H,5,7,9,16H2. The molecule has 0 bridgehead atoms. The fraction of sp³-hybridized carbons (Fsp3) is 0.267. The van der Waals surface area contributed by atoms with Gasteiger partial charge in [-0.1, -0.05) is 18.2 Å². The number of para-hydroxylation sites is 1. The molecule has 4 nitrogen and oxygen atoms in total. The first-order chi connectivity index (χ1) is 9.75. The third kappa shape index (κ3) is 2.49. The Morgan fingerprint density at radius 3 is 3.05 bits per heavy atom. The number of thiophene rings is 1. The molecule has 0 radical (unpaired) electrons. The van der Waals surface area contributed by atoms with Gasteiger partial charge in [-0.25, -0.2) is 4.79 Å². The van der Waals surface area contributed by atoms with Gasteiger partial charge in [0.15, 0.2) is 0 Å². The van der Waals surface area contributed by atoms with Crippen molar-refractivity contribution in [3.8, 4) is 5.75 Å². The summed E-state index contributed by atoms with van der Waals surface area (Å²) in [6.07, 6.45) is 0.851. The van der Waals surface area contributed by atoms with E-state index in [0.717, 1.165) is 17.7 Å². The summed E-state index contributed by atoms with van der Waals surface area (Å²) in [4.78, 5) is 12.4. The topological polar surface area (TPSA) is 61.6 Å². The molecule has 0 spiro atoms. The maximum atomic E-state index is 12.0. The summed E-state index contributed by atoms with van der Waals surface area (Å²) in [5.41, 5.74) is 7.30. The molecule has 1 aliphatic rings. The normalized spacial score (nSPS) is 17.1. The highest BCUT2D eigenvalue weighted by Gasteiger charge is 2.23. The van der Waals surface area contributed by atoms with Crippen LogP contribution < -0.4 is 10.5 Å². The molecule has 20 heavy (non-hydrogen) atoms. The Hall–Kier alpha value is -2.01. The monoisotopic (exact) mass is 289 g/mol. The summed E-state index contributed by atoms with van der Waals surface area (Å²) >= 11 is 1.31. The van der Waals surface area contributed by atoms with Gasteiger partial charge < -0.3 is 15.2 Å². The fourth-order valence-electron chi connectivity index (χ4n) is 2.32. The van der Waals surface area contributed by atoms with Gasteiger partial charge in [0.2, 0.25) is 0 Å². The first kappa shape index (κ1) is 13.0. The second kappa shape index (κ2) is 5.54. The van der Waals surface area contributed by atoms with E-state index in [9.17, 15) is 4.79 Å². The molecule has 0 amide bonds. The van der Waals surface area contributed by atoms with E-state index in [1.807, 2.05) is 24.3 Å². The van der Waals surface area contributed by atoms with Crippen molar-refractivity contribution in [2.24, 2.45) is 0 Å². The minimum Gasteiger partial charge on any atom is -0.493 e. The number of carbonyl (C=O) groups excluding carboxylic acids is 1. The third-order valence-corrected chi connectivity index (χ3v) is 4.29. The summed E-state index contributed by atoms with van der Waals surface area (Å²) in [5, 5.41) is 1.79. The second-order valence-electron chi connectivity index (χ2n) is 4.68. The summed E-state index contributed by atoms with van der Waals surface area (Å²) in [7, 11) is 0. The Kier molecular flexibility index (Phi) is 3.60. The highest BCUT2D eigenvalue weighted by atomic mass is 32.1. The van der Waals surface area contributed by atoms with Gasteiger partial charge in [-0.3, -0.25) is 0 Å². The van der Waals surface area contributed by atoms with Crippen molar-refractivity contribution in [2.45, 2.75) is 12.3 Å². The molecule has 2 aromatic rings. The zero-order valence-electron chi connectivity index (χ0n) is 10.9. The SMILES string of the molecule is Nc1ccsc1C(=O)OCC1CCOc2ccccc21. The largest absolute Gasteiger partial charge is 0.493 e. The molecule has 0 fully saturated rings. The molecule has 104 valence electrons. The Balaban J connectivity index is 1.68. The van der Waals surface area contributed by atoms with Crippen molar-refractivity contribution in [1.29, 1.82) is 0 Å². The van der Waals surface area contributed by atoms with Crippen molar-refractivity contribution in [3.63, 3.8) is 0 Å². The van der Waals surface area contributed by atoms with Crippen molar-refractivity contribution < 1.29 is 14.3 Å². The van der Waals surface area contributed by atoms with Crippen LogP contribution in [0, 0.1) is 0 Å². The van der Waals surface area contributed by atoms with Crippen molar-refractivity contribution in [1.82, 2.24) is 0 Å². The number of rotatable bonds is 3. The Morgan fingerprint density at radius 2 is 2.25 bits per heavy atom. The zero-order valence-corrected chi connectivity index (χ0v) is 11.7.